The summed E-state index contributed by atoms with van der Waals surface area (Å²) >= 11 is 0. The lowest BCUT2D eigenvalue weighted by atomic mass is 10.1. The number of halogens is 3. The molecule has 0 aromatic heterocycles. The molecule has 0 unspecified atom stereocenters. The number of ether oxygens (including phenoxy) is 2. The Balaban J connectivity index is 1.73. The van der Waals surface area contributed by atoms with Crippen molar-refractivity contribution in [2.24, 2.45) is 5.92 Å². The van der Waals surface area contributed by atoms with Crippen LogP contribution >= 0.6 is 0 Å². The number of hydrogen-bond donors (Lipinski definition) is 1. The van der Waals surface area contributed by atoms with E-state index in [-0.39, 0.29) is 11.9 Å². The Morgan fingerprint density at radius 3 is 2.39 bits per heavy atom. The van der Waals surface area contributed by atoms with Crippen LogP contribution in [0.4, 0.5) is 13.2 Å². The molecule has 1 aromatic rings. The Labute approximate surface area is 132 Å². The molecule has 4 nitrogen and oxygen atoms in total. The van der Waals surface area contributed by atoms with E-state index in [0.29, 0.717) is 44.2 Å². The first kappa shape index (κ1) is 16.4. The summed E-state index contributed by atoms with van der Waals surface area (Å²) in [5.41, 5.74) is -0.735. The first-order valence-electron chi connectivity index (χ1n) is 7.86. The molecule has 3 rings (SSSR count). The van der Waals surface area contributed by atoms with E-state index in [1.54, 1.807) is 0 Å². The van der Waals surface area contributed by atoms with Gasteiger partial charge in [-0.2, -0.15) is 18.2 Å². The van der Waals surface area contributed by atoms with Crippen LogP contribution in [0.1, 0.15) is 31.2 Å². The van der Waals surface area contributed by atoms with Crippen molar-refractivity contribution in [1.82, 2.24) is 5.06 Å². The predicted molar refractivity (Wildman–Crippen MR) is 76.7 cm³/mol. The smallest absolute Gasteiger partial charge is 0.416 e. The number of rotatable bonds is 5. The van der Waals surface area contributed by atoms with Crippen molar-refractivity contribution >= 4 is 0 Å². The van der Waals surface area contributed by atoms with E-state index in [0.717, 1.165) is 25.0 Å². The van der Waals surface area contributed by atoms with Gasteiger partial charge in [0.1, 0.15) is 6.10 Å². The summed E-state index contributed by atoms with van der Waals surface area (Å²) in [5.74, 6) is 0.934. The van der Waals surface area contributed by atoms with Crippen LogP contribution in [0.5, 0.6) is 11.5 Å². The molecule has 1 aliphatic carbocycles. The molecule has 0 atom stereocenters. The van der Waals surface area contributed by atoms with E-state index >= 15 is 0 Å². The molecular weight excluding hydrogens is 311 g/mol. The normalized spacial score (nSPS) is 20.5. The van der Waals surface area contributed by atoms with Crippen molar-refractivity contribution in [2.45, 2.75) is 38.0 Å². The van der Waals surface area contributed by atoms with Gasteiger partial charge in [-0.05, 0) is 49.8 Å². The first-order chi connectivity index (χ1) is 10.9. The quantitative estimate of drug-likeness (QED) is 0.893. The van der Waals surface area contributed by atoms with Crippen LogP contribution in [-0.4, -0.2) is 36.1 Å². The van der Waals surface area contributed by atoms with E-state index < -0.39 is 11.7 Å². The van der Waals surface area contributed by atoms with Gasteiger partial charge in [0.2, 0.25) is 0 Å². The Bertz CT molecular complexity index is 538. The molecule has 23 heavy (non-hydrogen) atoms. The maximum Gasteiger partial charge on any atom is 0.416 e. The van der Waals surface area contributed by atoms with Crippen molar-refractivity contribution in [1.29, 1.82) is 0 Å². The van der Waals surface area contributed by atoms with Crippen LogP contribution in [0.25, 0.3) is 0 Å². The molecule has 1 N–H and O–H groups in total. The van der Waals surface area contributed by atoms with Crippen molar-refractivity contribution in [3.05, 3.63) is 23.8 Å². The van der Waals surface area contributed by atoms with E-state index in [1.165, 1.54) is 11.1 Å². The molecule has 1 aliphatic heterocycles. The van der Waals surface area contributed by atoms with Gasteiger partial charge in [0.05, 0.1) is 12.2 Å². The van der Waals surface area contributed by atoms with Gasteiger partial charge in [-0.25, -0.2) is 0 Å². The van der Waals surface area contributed by atoms with Crippen LogP contribution in [-0.2, 0) is 6.18 Å². The second-order valence-electron chi connectivity index (χ2n) is 6.18. The molecule has 0 radical (unpaired) electrons. The number of piperidine rings is 1. The number of alkyl halides is 3. The topological polar surface area (TPSA) is 41.9 Å². The van der Waals surface area contributed by atoms with Crippen molar-refractivity contribution in [3.63, 3.8) is 0 Å². The highest BCUT2D eigenvalue weighted by Crippen LogP contribution is 2.38. The van der Waals surface area contributed by atoms with E-state index in [2.05, 4.69) is 0 Å². The third kappa shape index (κ3) is 4.51. The molecule has 7 heteroatoms. The third-order valence-corrected chi connectivity index (χ3v) is 4.15. The van der Waals surface area contributed by atoms with Gasteiger partial charge in [-0.15, -0.1) is 0 Å². The lowest BCUT2D eigenvalue weighted by molar-refractivity contribution is -0.137. The lowest BCUT2D eigenvalue weighted by Crippen LogP contribution is -2.36. The molecular formula is C16H20F3NO3. The summed E-state index contributed by atoms with van der Waals surface area (Å²) in [7, 11) is 0. The SMILES string of the molecule is ON1CCC(Oc2ccc(C(F)(F)F)cc2OCC2CC2)CC1. The average molecular weight is 331 g/mol. The van der Waals surface area contributed by atoms with Gasteiger partial charge in [0, 0.05) is 13.1 Å². The zero-order valence-corrected chi connectivity index (χ0v) is 12.7. The summed E-state index contributed by atoms with van der Waals surface area (Å²) in [4.78, 5) is 0. The molecule has 128 valence electrons. The largest absolute Gasteiger partial charge is 0.489 e. The van der Waals surface area contributed by atoms with Crippen molar-refractivity contribution in [2.75, 3.05) is 19.7 Å². The van der Waals surface area contributed by atoms with Gasteiger partial charge < -0.3 is 14.7 Å². The molecule has 1 saturated carbocycles. The third-order valence-electron chi connectivity index (χ3n) is 4.15. The fourth-order valence-electron chi connectivity index (χ4n) is 2.53. The van der Waals surface area contributed by atoms with Crippen LogP contribution in [0.2, 0.25) is 0 Å². The molecule has 0 spiro atoms. The van der Waals surface area contributed by atoms with E-state index in [1.807, 2.05) is 0 Å². The highest BCUT2D eigenvalue weighted by Gasteiger charge is 2.32. The second-order valence-corrected chi connectivity index (χ2v) is 6.18. The van der Waals surface area contributed by atoms with Crippen LogP contribution < -0.4 is 9.47 Å². The zero-order chi connectivity index (χ0) is 16.4. The van der Waals surface area contributed by atoms with Gasteiger partial charge >= 0.3 is 6.18 Å². The highest BCUT2D eigenvalue weighted by molar-refractivity contribution is 5.44. The van der Waals surface area contributed by atoms with Gasteiger partial charge in [0.15, 0.2) is 11.5 Å². The van der Waals surface area contributed by atoms with Crippen molar-refractivity contribution in [3.8, 4) is 11.5 Å². The number of nitrogens with zero attached hydrogens (tertiary/aromatic N) is 1. The number of hydrogen-bond acceptors (Lipinski definition) is 4. The summed E-state index contributed by atoms with van der Waals surface area (Å²) < 4.78 is 50.0. The van der Waals surface area contributed by atoms with Crippen LogP contribution in [0, 0.1) is 5.92 Å². The minimum atomic E-state index is -4.40. The fraction of sp³-hybridized carbons (Fsp3) is 0.625. The van der Waals surface area contributed by atoms with Gasteiger partial charge in [-0.1, -0.05) is 0 Å². The van der Waals surface area contributed by atoms with Crippen molar-refractivity contribution < 1.29 is 27.9 Å². The fourth-order valence-corrected chi connectivity index (χ4v) is 2.53. The summed E-state index contributed by atoms with van der Waals surface area (Å²) in [6.07, 6.45) is -1.16. The highest BCUT2D eigenvalue weighted by atomic mass is 19.4. The zero-order valence-electron chi connectivity index (χ0n) is 12.7. The molecule has 0 bridgehead atoms. The predicted octanol–water partition coefficient (Wildman–Crippen LogP) is 3.73. The van der Waals surface area contributed by atoms with Gasteiger partial charge in [-0.3, -0.25) is 0 Å². The lowest BCUT2D eigenvalue weighted by Gasteiger charge is -2.28. The second kappa shape index (κ2) is 6.57. The van der Waals surface area contributed by atoms with Crippen LogP contribution in [0.15, 0.2) is 18.2 Å². The standard InChI is InChI=1S/C16H20F3NO3/c17-16(18,19)12-3-4-14(15(9-12)22-10-11-1-2-11)23-13-5-7-20(21)8-6-13/h3-4,9,11,13,21H,1-2,5-8,10H2. The van der Waals surface area contributed by atoms with Gasteiger partial charge in [0.25, 0.3) is 0 Å². The monoisotopic (exact) mass is 331 g/mol. The minimum Gasteiger partial charge on any atom is -0.489 e. The van der Waals surface area contributed by atoms with E-state index in [4.69, 9.17) is 9.47 Å². The van der Waals surface area contributed by atoms with Crippen LogP contribution in [0.3, 0.4) is 0 Å². The Morgan fingerprint density at radius 1 is 1.09 bits per heavy atom. The number of hydroxylamine groups is 2. The summed E-state index contributed by atoms with van der Waals surface area (Å²) in [5, 5.41) is 10.6. The summed E-state index contributed by atoms with van der Waals surface area (Å²) in [6, 6.07) is 3.36. The Morgan fingerprint density at radius 2 is 1.78 bits per heavy atom. The molecule has 1 aromatic carbocycles. The summed E-state index contributed by atoms with van der Waals surface area (Å²) in [6.45, 7) is 1.40. The molecule has 0 amide bonds. The molecule has 1 saturated heterocycles. The first-order valence-corrected chi connectivity index (χ1v) is 7.86. The molecule has 2 fully saturated rings. The maximum atomic E-state index is 12.9. The Kier molecular flexibility index (Phi) is 4.68. The Hall–Kier alpha value is -1.47. The number of benzene rings is 1. The molecule has 1 heterocycles. The van der Waals surface area contributed by atoms with E-state index in [9.17, 15) is 18.4 Å². The minimum absolute atomic E-state index is 0.126. The average Bonchev–Trinajstić information content (AvgIpc) is 3.31. The molecule has 2 aliphatic rings. The maximum absolute atomic E-state index is 12.9.